The molecular weight excluding hydrogens is 250 g/mol. The number of rotatable bonds is 3. The lowest BCUT2D eigenvalue weighted by molar-refractivity contribution is 0.444. The van der Waals surface area contributed by atoms with Crippen LogP contribution in [0.1, 0.15) is 12.2 Å². The van der Waals surface area contributed by atoms with Crippen LogP contribution in [0.5, 0.6) is 0 Å². The quantitative estimate of drug-likeness (QED) is 0.906. The van der Waals surface area contributed by atoms with E-state index in [9.17, 15) is 0 Å². The molecule has 1 aliphatic heterocycles. The molecule has 1 aromatic rings. The van der Waals surface area contributed by atoms with E-state index in [1.165, 1.54) is 17.9 Å². The molecule has 4 heteroatoms. The van der Waals surface area contributed by atoms with Gasteiger partial charge in [0.15, 0.2) is 4.67 Å². The van der Waals surface area contributed by atoms with Crippen molar-refractivity contribution >= 4 is 27.7 Å². The zero-order chi connectivity index (χ0) is 9.10. The minimum atomic E-state index is 0.675. The largest absolute Gasteiger partial charge is 0.453 e. The average molecular weight is 262 g/mol. The summed E-state index contributed by atoms with van der Waals surface area (Å²) >= 11 is 5.31. The molecule has 13 heavy (non-hydrogen) atoms. The fraction of sp³-hybridized carbons (Fsp3) is 0.556. The Morgan fingerprint density at radius 2 is 2.54 bits per heavy atom. The van der Waals surface area contributed by atoms with Crippen molar-refractivity contribution < 1.29 is 4.42 Å². The average Bonchev–Trinajstić information content (AvgIpc) is 2.71. The Morgan fingerprint density at radius 3 is 3.15 bits per heavy atom. The molecule has 1 atom stereocenters. The molecule has 2 nitrogen and oxygen atoms in total. The van der Waals surface area contributed by atoms with Gasteiger partial charge in [0.25, 0.3) is 0 Å². The van der Waals surface area contributed by atoms with E-state index in [-0.39, 0.29) is 0 Å². The molecule has 0 aliphatic carbocycles. The van der Waals surface area contributed by atoms with Crippen molar-refractivity contribution in [3.8, 4) is 0 Å². The van der Waals surface area contributed by atoms with Crippen LogP contribution in [-0.4, -0.2) is 17.5 Å². The van der Waals surface area contributed by atoms with Crippen LogP contribution in [0.3, 0.4) is 0 Å². The van der Waals surface area contributed by atoms with Gasteiger partial charge in [0.1, 0.15) is 5.76 Å². The van der Waals surface area contributed by atoms with Gasteiger partial charge in [0.2, 0.25) is 0 Å². The fourth-order valence-corrected chi connectivity index (χ4v) is 2.91. The highest BCUT2D eigenvalue weighted by Gasteiger charge is 2.14. The summed E-state index contributed by atoms with van der Waals surface area (Å²) < 4.78 is 6.20. The molecule has 1 aliphatic rings. The Bertz CT molecular complexity index is 270. The zero-order valence-electron chi connectivity index (χ0n) is 7.25. The van der Waals surface area contributed by atoms with Crippen LogP contribution >= 0.6 is 27.7 Å². The normalized spacial score (nSPS) is 22.4. The summed E-state index contributed by atoms with van der Waals surface area (Å²) in [5.41, 5.74) is 0. The number of halogens is 1. The van der Waals surface area contributed by atoms with Crippen LogP contribution in [0.15, 0.2) is 21.2 Å². The second-order valence-electron chi connectivity index (χ2n) is 3.15. The Morgan fingerprint density at radius 1 is 1.62 bits per heavy atom. The Hall–Kier alpha value is 0.0700. The molecule has 1 saturated heterocycles. The highest BCUT2D eigenvalue weighted by atomic mass is 79.9. The van der Waals surface area contributed by atoms with Gasteiger partial charge in [-0.05, 0) is 40.2 Å². The molecule has 0 spiro atoms. The molecule has 1 N–H and O–H groups in total. The standard InChI is InChI=1S/C9H12BrNOS/c10-9-2-1-8(12-9)5-11-7-3-4-13-6-7/h1-2,7,11H,3-6H2. The van der Waals surface area contributed by atoms with Crippen molar-refractivity contribution in [1.29, 1.82) is 0 Å². The smallest absolute Gasteiger partial charge is 0.169 e. The van der Waals surface area contributed by atoms with Crippen molar-refractivity contribution in [3.05, 3.63) is 22.6 Å². The monoisotopic (exact) mass is 261 g/mol. The molecule has 2 rings (SSSR count). The summed E-state index contributed by atoms with van der Waals surface area (Å²) in [6.45, 7) is 0.844. The van der Waals surface area contributed by atoms with Gasteiger partial charge in [-0.15, -0.1) is 0 Å². The first-order valence-corrected chi connectivity index (χ1v) is 6.35. The lowest BCUT2D eigenvalue weighted by atomic mass is 10.2. The van der Waals surface area contributed by atoms with Crippen LogP contribution < -0.4 is 5.32 Å². The fourth-order valence-electron chi connectivity index (χ4n) is 1.39. The van der Waals surface area contributed by atoms with E-state index < -0.39 is 0 Å². The number of nitrogens with one attached hydrogen (secondary N) is 1. The first kappa shape index (κ1) is 9.62. The summed E-state index contributed by atoms with van der Waals surface area (Å²) in [5.74, 6) is 3.53. The minimum Gasteiger partial charge on any atom is -0.453 e. The Balaban J connectivity index is 1.78. The van der Waals surface area contributed by atoms with Gasteiger partial charge in [-0.2, -0.15) is 11.8 Å². The molecule has 72 valence electrons. The summed E-state index contributed by atoms with van der Waals surface area (Å²) in [5, 5.41) is 3.48. The van der Waals surface area contributed by atoms with Crippen molar-refractivity contribution in [2.24, 2.45) is 0 Å². The van der Waals surface area contributed by atoms with Crippen molar-refractivity contribution in [2.45, 2.75) is 19.0 Å². The van der Waals surface area contributed by atoms with Crippen LogP contribution in [0.2, 0.25) is 0 Å². The van der Waals surface area contributed by atoms with Gasteiger partial charge >= 0.3 is 0 Å². The van der Waals surface area contributed by atoms with E-state index >= 15 is 0 Å². The van der Waals surface area contributed by atoms with Crippen molar-refractivity contribution in [1.82, 2.24) is 5.32 Å². The molecule has 0 amide bonds. The molecular formula is C9H12BrNOS. The molecule has 1 aromatic heterocycles. The second kappa shape index (κ2) is 4.53. The van der Waals surface area contributed by atoms with E-state index in [0.29, 0.717) is 6.04 Å². The van der Waals surface area contributed by atoms with Crippen molar-refractivity contribution in [3.63, 3.8) is 0 Å². The lowest BCUT2D eigenvalue weighted by Gasteiger charge is -2.08. The van der Waals surface area contributed by atoms with Crippen molar-refractivity contribution in [2.75, 3.05) is 11.5 Å². The van der Waals surface area contributed by atoms with E-state index in [1.54, 1.807) is 0 Å². The third-order valence-corrected chi connectivity index (χ3v) is 3.71. The Kier molecular flexibility index (Phi) is 3.35. The minimum absolute atomic E-state index is 0.675. The molecule has 0 aromatic carbocycles. The third kappa shape index (κ3) is 2.76. The predicted molar refractivity (Wildman–Crippen MR) is 59.0 cm³/mol. The van der Waals surface area contributed by atoms with Gasteiger partial charge in [0.05, 0.1) is 6.54 Å². The summed E-state index contributed by atoms with van der Waals surface area (Å²) in [4.78, 5) is 0. The van der Waals surface area contributed by atoms with E-state index in [1.807, 2.05) is 23.9 Å². The maximum Gasteiger partial charge on any atom is 0.169 e. The van der Waals surface area contributed by atoms with E-state index in [4.69, 9.17) is 4.42 Å². The summed E-state index contributed by atoms with van der Waals surface area (Å²) in [6, 6.07) is 4.61. The SMILES string of the molecule is Brc1ccc(CNC2CCSC2)o1. The first-order valence-electron chi connectivity index (χ1n) is 4.40. The number of furan rings is 1. The van der Waals surface area contributed by atoms with Gasteiger partial charge in [-0.3, -0.25) is 0 Å². The molecule has 1 fully saturated rings. The second-order valence-corrected chi connectivity index (χ2v) is 5.08. The van der Waals surface area contributed by atoms with E-state index in [0.717, 1.165) is 17.0 Å². The lowest BCUT2D eigenvalue weighted by Crippen LogP contribution is -2.27. The number of hydrogen-bond donors (Lipinski definition) is 1. The number of thioether (sulfide) groups is 1. The maximum atomic E-state index is 5.39. The predicted octanol–water partition coefficient (Wildman–Crippen LogP) is 2.64. The first-order chi connectivity index (χ1) is 6.34. The van der Waals surface area contributed by atoms with Gasteiger partial charge < -0.3 is 9.73 Å². The van der Waals surface area contributed by atoms with Gasteiger partial charge in [-0.25, -0.2) is 0 Å². The molecule has 0 bridgehead atoms. The third-order valence-electron chi connectivity index (χ3n) is 2.12. The number of hydrogen-bond acceptors (Lipinski definition) is 3. The van der Waals surface area contributed by atoms with Crippen LogP contribution in [0, 0.1) is 0 Å². The Labute approximate surface area is 90.6 Å². The van der Waals surface area contributed by atoms with Gasteiger partial charge in [0, 0.05) is 11.8 Å². The molecule has 1 unspecified atom stereocenters. The van der Waals surface area contributed by atoms with Crippen LogP contribution in [-0.2, 0) is 6.54 Å². The highest BCUT2D eigenvalue weighted by molar-refractivity contribution is 9.10. The molecule has 0 saturated carbocycles. The molecule has 0 radical (unpaired) electrons. The maximum absolute atomic E-state index is 5.39. The topological polar surface area (TPSA) is 25.2 Å². The zero-order valence-corrected chi connectivity index (χ0v) is 9.66. The summed E-state index contributed by atoms with van der Waals surface area (Å²) in [7, 11) is 0. The van der Waals surface area contributed by atoms with Gasteiger partial charge in [-0.1, -0.05) is 0 Å². The van der Waals surface area contributed by atoms with E-state index in [2.05, 4.69) is 21.2 Å². The summed E-state index contributed by atoms with van der Waals surface area (Å²) in [6.07, 6.45) is 1.28. The van der Waals surface area contributed by atoms with Crippen LogP contribution in [0.25, 0.3) is 0 Å². The molecule has 2 heterocycles. The van der Waals surface area contributed by atoms with Crippen LogP contribution in [0.4, 0.5) is 0 Å². The highest BCUT2D eigenvalue weighted by Crippen LogP contribution is 2.18.